The van der Waals surface area contributed by atoms with E-state index in [1.54, 1.807) is 25.5 Å². The summed E-state index contributed by atoms with van der Waals surface area (Å²) in [6.45, 7) is 7.42. The van der Waals surface area contributed by atoms with Gasteiger partial charge in [0.25, 0.3) is 0 Å². The molecule has 0 spiro atoms. The van der Waals surface area contributed by atoms with Gasteiger partial charge in [-0.3, -0.25) is 14.7 Å². The first kappa shape index (κ1) is 22.6. The van der Waals surface area contributed by atoms with Crippen LogP contribution in [0.5, 0.6) is 0 Å². The quantitative estimate of drug-likeness (QED) is 0.550. The minimum absolute atomic E-state index is 0.257. The SMILES string of the molecule is CNS1(O)C[C@@](C)(c2cc(Cc3ccnc4nc(C)cnc34)ccc2F)N=C(N)C1(C)C. The third-order valence-electron chi connectivity index (χ3n) is 6.31. The molecule has 0 fully saturated rings. The van der Waals surface area contributed by atoms with Gasteiger partial charge in [-0.1, -0.05) is 22.6 Å². The molecule has 2 atom stereocenters. The Kier molecular flexibility index (Phi) is 5.47. The average Bonchev–Trinajstić information content (AvgIpc) is 2.73. The molecule has 3 aromatic rings. The molecule has 4 N–H and O–H groups in total. The number of aliphatic imine (C=N–C) groups is 1. The average molecular weight is 457 g/mol. The Balaban J connectivity index is 1.77. The third-order valence-corrected chi connectivity index (χ3v) is 9.87. The maximum Gasteiger partial charge on any atom is 0.178 e. The van der Waals surface area contributed by atoms with Crippen LogP contribution in [0.2, 0.25) is 0 Å². The molecular weight excluding hydrogens is 427 g/mol. The van der Waals surface area contributed by atoms with Gasteiger partial charge in [0.1, 0.15) is 17.2 Å². The maximum absolute atomic E-state index is 15.1. The summed E-state index contributed by atoms with van der Waals surface area (Å²) in [4.78, 5) is 17.9. The Morgan fingerprint density at radius 1 is 1.22 bits per heavy atom. The fourth-order valence-corrected chi connectivity index (χ4v) is 6.61. The normalized spacial score (nSPS) is 27.0. The highest BCUT2D eigenvalue weighted by Gasteiger charge is 2.51. The first-order valence-corrected chi connectivity index (χ1v) is 12.2. The maximum atomic E-state index is 15.1. The number of rotatable bonds is 4. The summed E-state index contributed by atoms with van der Waals surface area (Å²) < 4.78 is 28.8. The highest BCUT2D eigenvalue weighted by molar-refractivity contribution is 8.29. The van der Waals surface area contributed by atoms with E-state index in [1.807, 2.05) is 39.8 Å². The van der Waals surface area contributed by atoms with E-state index in [2.05, 4.69) is 19.7 Å². The summed E-state index contributed by atoms with van der Waals surface area (Å²) in [5.74, 6) is 0.196. The molecule has 2 aromatic heterocycles. The predicted molar refractivity (Wildman–Crippen MR) is 128 cm³/mol. The van der Waals surface area contributed by atoms with Crippen molar-refractivity contribution in [3.8, 4) is 0 Å². The predicted octanol–water partition coefficient (Wildman–Crippen LogP) is 3.84. The summed E-state index contributed by atoms with van der Waals surface area (Å²) in [6.07, 6.45) is 3.96. The lowest BCUT2D eigenvalue weighted by atomic mass is 9.90. The molecule has 0 radical (unpaired) electrons. The van der Waals surface area contributed by atoms with Gasteiger partial charge in [0.05, 0.1) is 16.0 Å². The van der Waals surface area contributed by atoms with E-state index >= 15 is 4.39 Å². The summed E-state index contributed by atoms with van der Waals surface area (Å²) in [6, 6.07) is 6.93. The molecule has 4 rings (SSSR count). The van der Waals surface area contributed by atoms with Crippen molar-refractivity contribution >= 4 is 27.5 Å². The number of nitrogens with one attached hydrogen (secondary N) is 1. The lowest BCUT2D eigenvalue weighted by molar-refractivity contribution is 0.472. The highest BCUT2D eigenvalue weighted by atomic mass is 32.3. The number of hydrogen-bond donors (Lipinski definition) is 3. The molecule has 0 bridgehead atoms. The van der Waals surface area contributed by atoms with Crippen molar-refractivity contribution in [2.45, 2.75) is 44.4 Å². The molecule has 0 aliphatic carbocycles. The number of nitrogens with zero attached hydrogens (tertiary/aromatic N) is 4. The summed E-state index contributed by atoms with van der Waals surface area (Å²) in [7, 11) is -0.673. The van der Waals surface area contributed by atoms with E-state index in [0.29, 0.717) is 23.5 Å². The van der Waals surface area contributed by atoms with Crippen LogP contribution in [-0.4, -0.2) is 42.9 Å². The number of benzene rings is 1. The van der Waals surface area contributed by atoms with Gasteiger partial charge < -0.3 is 10.3 Å². The minimum atomic E-state index is -2.38. The Bertz CT molecular complexity index is 1230. The van der Waals surface area contributed by atoms with Gasteiger partial charge in [0.2, 0.25) is 0 Å². The number of amidine groups is 1. The van der Waals surface area contributed by atoms with E-state index in [-0.39, 0.29) is 11.6 Å². The molecule has 1 aliphatic heterocycles. The van der Waals surface area contributed by atoms with Crippen molar-refractivity contribution in [1.82, 2.24) is 19.7 Å². The zero-order valence-corrected chi connectivity index (χ0v) is 19.8. The monoisotopic (exact) mass is 456 g/mol. The van der Waals surface area contributed by atoms with Gasteiger partial charge in [-0.05, 0) is 64.4 Å². The van der Waals surface area contributed by atoms with Gasteiger partial charge in [0, 0.05) is 23.7 Å². The number of fused-ring (bicyclic) bond motifs is 1. The molecule has 1 aliphatic rings. The lowest BCUT2D eigenvalue weighted by Gasteiger charge is -2.53. The first-order chi connectivity index (χ1) is 15.0. The molecule has 9 heteroatoms. The Labute approximate surface area is 189 Å². The molecule has 7 nitrogen and oxygen atoms in total. The molecule has 1 aromatic carbocycles. The smallest absolute Gasteiger partial charge is 0.178 e. The van der Waals surface area contributed by atoms with Gasteiger partial charge in [-0.2, -0.15) is 0 Å². The van der Waals surface area contributed by atoms with Crippen LogP contribution in [0.15, 0.2) is 41.7 Å². The number of halogens is 1. The van der Waals surface area contributed by atoms with Gasteiger partial charge in [-0.15, -0.1) is 0 Å². The topological polar surface area (TPSA) is 109 Å². The van der Waals surface area contributed by atoms with Crippen molar-refractivity contribution < 1.29 is 8.94 Å². The van der Waals surface area contributed by atoms with Gasteiger partial charge in [-0.25, -0.2) is 14.4 Å². The summed E-state index contributed by atoms with van der Waals surface area (Å²) >= 11 is 0. The van der Waals surface area contributed by atoms with Crippen LogP contribution in [0.1, 0.15) is 43.2 Å². The number of nitrogens with two attached hydrogens (primary N) is 1. The number of aryl methyl sites for hydroxylation is 1. The summed E-state index contributed by atoms with van der Waals surface area (Å²) in [5.41, 5.74) is 9.68. The molecular formula is C23H29FN6OS. The van der Waals surface area contributed by atoms with Crippen LogP contribution < -0.4 is 10.5 Å². The largest absolute Gasteiger partial charge is 0.386 e. The van der Waals surface area contributed by atoms with Crippen LogP contribution in [0.4, 0.5) is 4.39 Å². The van der Waals surface area contributed by atoms with Crippen LogP contribution in [0.25, 0.3) is 11.2 Å². The third kappa shape index (κ3) is 3.64. The lowest BCUT2D eigenvalue weighted by Crippen LogP contribution is -2.55. The second-order valence-corrected chi connectivity index (χ2v) is 12.1. The molecule has 1 unspecified atom stereocenters. The van der Waals surface area contributed by atoms with E-state index < -0.39 is 20.8 Å². The van der Waals surface area contributed by atoms with Crippen molar-refractivity contribution in [3.05, 3.63) is 64.9 Å². The first-order valence-electron chi connectivity index (χ1n) is 10.4. The molecule has 0 amide bonds. The minimum Gasteiger partial charge on any atom is -0.386 e. The van der Waals surface area contributed by atoms with E-state index in [0.717, 1.165) is 22.3 Å². The molecule has 170 valence electrons. The van der Waals surface area contributed by atoms with Crippen molar-refractivity contribution in [2.24, 2.45) is 10.7 Å². The molecule has 0 saturated heterocycles. The molecule has 3 heterocycles. The van der Waals surface area contributed by atoms with E-state index in [4.69, 9.17) is 10.7 Å². The Morgan fingerprint density at radius 3 is 2.69 bits per heavy atom. The van der Waals surface area contributed by atoms with Gasteiger partial charge >= 0.3 is 0 Å². The fourth-order valence-electron chi connectivity index (χ4n) is 4.17. The Morgan fingerprint density at radius 2 is 1.97 bits per heavy atom. The van der Waals surface area contributed by atoms with Crippen LogP contribution in [-0.2, 0) is 12.0 Å². The van der Waals surface area contributed by atoms with Gasteiger partial charge in [0.15, 0.2) is 5.65 Å². The van der Waals surface area contributed by atoms with Crippen molar-refractivity contribution in [1.29, 1.82) is 0 Å². The van der Waals surface area contributed by atoms with Crippen LogP contribution >= 0.6 is 10.5 Å². The summed E-state index contributed by atoms with van der Waals surface area (Å²) in [5, 5.41) is 0. The van der Waals surface area contributed by atoms with E-state index in [1.165, 1.54) is 6.07 Å². The highest BCUT2D eigenvalue weighted by Crippen LogP contribution is 2.59. The van der Waals surface area contributed by atoms with Crippen molar-refractivity contribution in [2.75, 3.05) is 12.8 Å². The number of pyridine rings is 1. The number of hydrogen-bond acceptors (Lipinski definition) is 7. The molecule has 0 saturated carbocycles. The van der Waals surface area contributed by atoms with E-state index in [9.17, 15) is 4.55 Å². The number of aromatic nitrogens is 3. The zero-order valence-electron chi connectivity index (χ0n) is 19.0. The fraction of sp³-hybridized carbons (Fsp3) is 0.391. The Hall–Kier alpha value is -2.62. The zero-order chi connectivity index (χ0) is 23.3. The second kappa shape index (κ2) is 7.75. The van der Waals surface area contributed by atoms with Crippen LogP contribution in [0.3, 0.4) is 0 Å². The second-order valence-electron chi connectivity index (χ2n) is 8.98. The molecule has 32 heavy (non-hydrogen) atoms. The van der Waals surface area contributed by atoms with Crippen molar-refractivity contribution in [3.63, 3.8) is 0 Å². The van der Waals surface area contributed by atoms with Crippen LogP contribution in [0, 0.1) is 12.7 Å². The standard InChI is InChI=1S/C23H29FN6OS/c1-14-12-28-19-16(8-9-27-20(19)29-14)10-15-6-7-18(24)17(11-15)23(4)13-32(31,26-5)22(2,3)21(25)30-23/h6-9,11-12,26,31H,10,13H2,1-5H3,(H2,25,30)/t23-/m0/s1.